The summed E-state index contributed by atoms with van der Waals surface area (Å²) in [5.41, 5.74) is 0. The van der Waals surface area contributed by atoms with Crippen LogP contribution in [0.4, 0.5) is 0 Å². The maximum absolute atomic E-state index is 8.92. The highest BCUT2D eigenvalue weighted by Gasteiger charge is 2.05. The molecule has 0 bridgehead atoms. The van der Waals surface area contributed by atoms with Gasteiger partial charge in [-0.25, -0.2) is 4.98 Å². The molecule has 0 aliphatic rings. The molecule has 1 atom stereocenters. The van der Waals surface area contributed by atoms with E-state index < -0.39 is 0 Å². The molecule has 1 heterocycles. The molecule has 1 unspecified atom stereocenters. The zero-order valence-electron chi connectivity index (χ0n) is 8.40. The van der Waals surface area contributed by atoms with Crippen molar-refractivity contribution < 1.29 is 5.11 Å². The number of aliphatic hydroxyl groups is 1. The van der Waals surface area contributed by atoms with E-state index in [4.69, 9.17) is 5.11 Å². The molecule has 0 saturated heterocycles. The first-order chi connectivity index (χ1) is 6.27. The van der Waals surface area contributed by atoms with Gasteiger partial charge in [0.25, 0.3) is 0 Å². The van der Waals surface area contributed by atoms with Gasteiger partial charge in [-0.3, -0.25) is 0 Å². The zero-order valence-corrected chi connectivity index (χ0v) is 8.40. The van der Waals surface area contributed by atoms with Crippen LogP contribution < -0.4 is 0 Å². The highest BCUT2D eigenvalue weighted by molar-refractivity contribution is 4.92. The molecule has 13 heavy (non-hydrogen) atoms. The van der Waals surface area contributed by atoms with Gasteiger partial charge in [-0.05, 0) is 12.3 Å². The van der Waals surface area contributed by atoms with Gasteiger partial charge in [0.15, 0.2) is 0 Å². The number of hydrogen-bond acceptors (Lipinski definition) is 2. The summed E-state index contributed by atoms with van der Waals surface area (Å²) in [6.45, 7) is 5.29. The molecule has 0 amide bonds. The average molecular weight is 182 g/mol. The number of hydrogen-bond donors (Lipinski definition) is 1. The molecule has 0 aliphatic carbocycles. The van der Waals surface area contributed by atoms with Crippen LogP contribution in [0, 0.1) is 5.92 Å². The largest absolute Gasteiger partial charge is 0.396 e. The maximum atomic E-state index is 8.92. The molecule has 0 aliphatic heterocycles. The van der Waals surface area contributed by atoms with E-state index in [0.29, 0.717) is 5.92 Å². The standard InChI is InChI=1S/C10H18N2O/c1-3-4-10-11-5-6-12(10)7-9(2)8-13/h5-6,9,13H,3-4,7-8H2,1-2H3. The first-order valence-electron chi connectivity index (χ1n) is 4.88. The van der Waals surface area contributed by atoms with Gasteiger partial charge in [0, 0.05) is 32.0 Å². The molecule has 0 saturated carbocycles. The van der Waals surface area contributed by atoms with Gasteiger partial charge in [-0.1, -0.05) is 13.8 Å². The number of aryl methyl sites for hydroxylation is 1. The third kappa shape index (κ3) is 2.84. The Morgan fingerprint density at radius 1 is 1.62 bits per heavy atom. The van der Waals surface area contributed by atoms with Crippen molar-refractivity contribution in [2.75, 3.05) is 6.61 Å². The van der Waals surface area contributed by atoms with Crippen LogP contribution in [0.2, 0.25) is 0 Å². The van der Waals surface area contributed by atoms with E-state index in [1.807, 2.05) is 19.3 Å². The highest BCUT2D eigenvalue weighted by Crippen LogP contribution is 2.05. The third-order valence-electron chi connectivity index (χ3n) is 2.10. The van der Waals surface area contributed by atoms with E-state index in [1.54, 1.807) is 0 Å². The fourth-order valence-corrected chi connectivity index (χ4v) is 1.35. The first-order valence-corrected chi connectivity index (χ1v) is 4.88. The molecule has 3 nitrogen and oxygen atoms in total. The first kappa shape index (κ1) is 10.3. The van der Waals surface area contributed by atoms with Crippen LogP contribution in [0.25, 0.3) is 0 Å². The lowest BCUT2D eigenvalue weighted by Crippen LogP contribution is -2.12. The van der Waals surface area contributed by atoms with E-state index in [1.165, 1.54) is 0 Å². The van der Waals surface area contributed by atoms with Crippen LogP contribution in [0.15, 0.2) is 12.4 Å². The van der Waals surface area contributed by atoms with Crippen LogP contribution in [0.5, 0.6) is 0 Å². The molecule has 3 heteroatoms. The van der Waals surface area contributed by atoms with Crippen molar-refractivity contribution >= 4 is 0 Å². The second-order valence-electron chi connectivity index (χ2n) is 3.53. The fraction of sp³-hybridized carbons (Fsp3) is 0.700. The van der Waals surface area contributed by atoms with Gasteiger partial charge < -0.3 is 9.67 Å². The Morgan fingerprint density at radius 2 is 2.38 bits per heavy atom. The van der Waals surface area contributed by atoms with Crippen molar-refractivity contribution in [2.45, 2.75) is 33.2 Å². The number of nitrogens with zero attached hydrogens (tertiary/aromatic N) is 2. The number of rotatable bonds is 5. The molecule has 1 N–H and O–H groups in total. The van der Waals surface area contributed by atoms with Crippen molar-refractivity contribution in [1.82, 2.24) is 9.55 Å². The Kier molecular flexibility index (Phi) is 3.96. The molecule has 74 valence electrons. The lowest BCUT2D eigenvalue weighted by Gasteiger charge is -2.11. The summed E-state index contributed by atoms with van der Waals surface area (Å²) in [7, 11) is 0. The monoisotopic (exact) mass is 182 g/mol. The Balaban J connectivity index is 2.59. The molecule has 0 spiro atoms. The van der Waals surface area contributed by atoms with Crippen molar-refractivity contribution in [3.8, 4) is 0 Å². The van der Waals surface area contributed by atoms with Crippen molar-refractivity contribution in [3.63, 3.8) is 0 Å². The lowest BCUT2D eigenvalue weighted by atomic mass is 10.2. The van der Waals surface area contributed by atoms with E-state index in [0.717, 1.165) is 25.2 Å². The van der Waals surface area contributed by atoms with Gasteiger partial charge in [0.05, 0.1) is 0 Å². The summed E-state index contributed by atoms with van der Waals surface area (Å²) < 4.78 is 2.13. The summed E-state index contributed by atoms with van der Waals surface area (Å²) >= 11 is 0. The molecule has 0 fully saturated rings. The molecule has 0 aromatic carbocycles. The Hall–Kier alpha value is -0.830. The quantitative estimate of drug-likeness (QED) is 0.748. The van der Waals surface area contributed by atoms with Crippen LogP contribution in [-0.4, -0.2) is 21.3 Å². The topological polar surface area (TPSA) is 38.0 Å². The summed E-state index contributed by atoms with van der Waals surface area (Å²) in [5, 5.41) is 8.92. The average Bonchev–Trinajstić information content (AvgIpc) is 2.54. The van der Waals surface area contributed by atoms with Crippen LogP contribution in [-0.2, 0) is 13.0 Å². The molecular formula is C10H18N2O. The van der Waals surface area contributed by atoms with Gasteiger partial charge in [-0.2, -0.15) is 0 Å². The number of aliphatic hydroxyl groups excluding tert-OH is 1. The van der Waals surface area contributed by atoms with E-state index in [-0.39, 0.29) is 6.61 Å². The van der Waals surface area contributed by atoms with Gasteiger partial charge in [-0.15, -0.1) is 0 Å². The van der Waals surface area contributed by atoms with Crippen LogP contribution >= 0.6 is 0 Å². The summed E-state index contributed by atoms with van der Waals surface area (Å²) in [6, 6.07) is 0. The van der Waals surface area contributed by atoms with Crippen molar-refractivity contribution in [2.24, 2.45) is 5.92 Å². The van der Waals surface area contributed by atoms with Gasteiger partial charge >= 0.3 is 0 Å². The fourth-order valence-electron chi connectivity index (χ4n) is 1.35. The van der Waals surface area contributed by atoms with E-state index in [2.05, 4.69) is 16.5 Å². The maximum Gasteiger partial charge on any atom is 0.108 e. The number of aromatic nitrogens is 2. The van der Waals surface area contributed by atoms with Gasteiger partial charge in [0.1, 0.15) is 5.82 Å². The third-order valence-corrected chi connectivity index (χ3v) is 2.10. The zero-order chi connectivity index (χ0) is 9.68. The summed E-state index contributed by atoms with van der Waals surface area (Å²) in [4.78, 5) is 4.27. The Morgan fingerprint density at radius 3 is 3.00 bits per heavy atom. The smallest absolute Gasteiger partial charge is 0.108 e. The Bertz CT molecular complexity index is 245. The predicted octanol–water partition coefficient (Wildman–Crippen LogP) is 1.46. The second-order valence-corrected chi connectivity index (χ2v) is 3.53. The van der Waals surface area contributed by atoms with Gasteiger partial charge in [0.2, 0.25) is 0 Å². The van der Waals surface area contributed by atoms with E-state index in [9.17, 15) is 0 Å². The molecule has 1 aromatic rings. The molecule has 1 aromatic heterocycles. The van der Waals surface area contributed by atoms with Crippen LogP contribution in [0.3, 0.4) is 0 Å². The SMILES string of the molecule is CCCc1nccn1CC(C)CO. The van der Waals surface area contributed by atoms with Crippen molar-refractivity contribution in [1.29, 1.82) is 0 Å². The number of imidazole rings is 1. The molecule has 1 rings (SSSR count). The predicted molar refractivity (Wildman–Crippen MR) is 52.5 cm³/mol. The minimum atomic E-state index is 0.240. The van der Waals surface area contributed by atoms with Crippen molar-refractivity contribution in [3.05, 3.63) is 18.2 Å². The minimum Gasteiger partial charge on any atom is -0.396 e. The Labute approximate surface area is 79.4 Å². The second kappa shape index (κ2) is 5.02. The summed E-state index contributed by atoms with van der Waals surface area (Å²) in [5.74, 6) is 1.44. The normalized spacial score (nSPS) is 13.2. The highest BCUT2D eigenvalue weighted by atomic mass is 16.3. The van der Waals surface area contributed by atoms with Crippen LogP contribution in [0.1, 0.15) is 26.1 Å². The lowest BCUT2D eigenvalue weighted by molar-refractivity contribution is 0.222. The minimum absolute atomic E-state index is 0.240. The summed E-state index contributed by atoms with van der Waals surface area (Å²) in [6.07, 6.45) is 5.95. The van der Waals surface area contributed by atoms with E-state index >= 15 is 0 Å². The molecular weight excluding hydrogens is 164 g/mol. The molecule has 0 radical (unpaired) electrons.